The lowest BCUT2D eigenvalue weighted by Crippen LogP contribution is -2.37. The second kappa shape index (κ2) is 5.07. The van der Waals surface area contributed by atoms with Crippen LogP contribution in [0.25, 0.3) is 0 Å². The molecule has 1 aliphatic heterocycles. The summed E-state index contributed by atoms with van der Waals surface area (Å²) in [6.45, 7) is 7.89. The van der Waals surface area contributed by atoms with Gasteiger partial charge in [-0.25, -0.2) is 0 Å². The number of fused-ring (bicyclic) bond motifs is 1. The van der Waals surface area contributed by atoms with Gasteiger partial charge >= 0.3 is 0 Å². The Kier molecular flexibility index (Phi) is 3.69. The maximum atomic E-state index is 6.03. The predicted molar refractivity (Wildman–Crippen MR) is 70.1 cm³/mol. The van der Waals surface area contributed by atoms with Gasteiger partial charge in [0.2, 0.25) is 0 Å². The Morgan fingerprint density at radius 1 is 1.35 bits per heavy atom. The summed E-state index contributed by atoms with van der Waals surface area (Å²) in [5, 5.41) is 0. The summed E-state index contributed by atoms with van der Waals surface area (Å²) in [6.07, 6.45) is 1.01. The summed E-state index contributed by atoms with van der Waals surface area (Å²) in [7, 11) is 0. The Morgan fingerprint density at radius 3 is 2.88 bits per heavy atom. The number of para-hydroxylation sites is 1. The molecule has 0 saturated heterocycles. The molecule has 0 saturated carbocycles. The van der Waals surface area contributed by atoms with E-state index in [9.17, 15) is 0 Å². The molecule has 0 bridgehead atoms. The van der Waals surface area contributed by atoms with Crippen LogP contribution in [0, 0.1) is 0 Å². The number of benzene rings is 1. The highest BCUT2D eigenvalue weighted by Gasteiger charge is 2.17. The lowest BCUT2D eigenvalue weighted by Gasteiger charge is -2.25. The highest BCUT2D eigenvalue weighted by Crippen LogP contribution is 2.22. The molecule has 0 atom stereocenters. The molecular formula is C14H22N2O. The van der Waals surface area contributed by atoms with Gasteiger partial charge in [-0.1, -0.05) is 18.2 Å². The molecule has 3 nitrogen and oxygen atoms in total. The van der Waals surface area contributed by atoms with Crippen LogP contribution in [0.5, 0.6) is 5.75 Å². The summed E-state index contributed by atoms with van der Waals surface area (Å²) in [4.78, 5) is 2.42. The number of nitrogens with zero attached hydrogens (tertiary/aromatic N) is 1. The molecule has 0 unspecified atom stereocenters. The highest BCUT2D eigenvalue weighted by molar-refractivity contribution is 5.33. The fraction of sp³-hybridized carbons (Fsp3) is 0.571. The zero-order valence-electron chi connectivity index (χ0n) is 10.8. The Labute approximate surface area is 104 Å². The van der Waals surface area contributed by atoms with Crippen molar-refractivity contribution in [3.63, 3.8) is 0 Å². The van der Waals surface area contributed by atoms with Crippen molar-refractivity contribution in [2.75, 3.05) is 19.7 Å². The first-order valence-corrected chi connectivity index (χ1v) is 6.26. The van der Waals surface area contributed by atoms with Gasteiger partial charge in [-0.2, -0.15) is 0 Å². The second-order valence-corrected chi connectivity index (χ2v) is 5.47. The SMILES string of the molecule is CC(C)(N)CCN1CCOc2ccccc2C1. The zero-order chi connectivity index (χ0) is 12.3. The van der Waals surface area contributed by atoms with E-state index in [4.69, 9.17) is 10.5 Å². The molecule has 1 aromatic rings. The van der Waals surface area contributed by atoms with Gasteiger partial charge in [-0.3, -0.25) is 4.90 Å². The van der Waals surface area contributed by atoms with Gasteiger partial charge in [0.05, 0.1) is 0 Å². The van der Waals surface area contributed by atoms with Crippen LogP contribution in [0.15, 0.2) is 24.3 Å². The number of rotatable bonds is 3. The maximum absolute atomic E-state index is 6.03. The van der Waals surface area contributed by atoms with Crippen LogP contribution in [0.3, 0.4) is 0 Å². The van der Waals surface area contributed by atoms with Gasteiger partial charge in [0.15, 0.2) is 0 Å². The average Bonchev–Trinajstić information content (AvgIpc) is 2.47. The van der Waals surface area contributed by atoms with E-state index in [2.05, 4.69) is 30.9 Å². The largest absolute Gasteiger partial charge is 0.492 e. The topological polar surface area (TPSA) is 38.5 Å². The van der Waals surface area contributed by atoms with Gasteiger partial charge in [0.25, 0.3) is 0 Å². The summed E-state index contributed by atoms with van der Waals surface area (Å²) < 4.78 is 5.74. The molecule has 1 aliphatic rings. The van der Waals surface area contributed by atoms with Crippen molar-refractivity contribution < 1.29 is 4.74 Å². The first-order valence-electron chi connectivity index (χ1n) is 6.26. The molecule has 94 valence electrons. The third kappa shape index (κ3) is 3.72. The van der Waals surface area contributed by atoms with Crippen LogP contribution < -0.4 is 10.5 Å². The van der Waals surface area contributed by atoms with Gasteiger partial charge < -0.3 is 10.5 Å². The molecule has 3 heteroatoms. The number of hydrogen-bond donors (Lipinski definition) is 1. The van der Waals surface area contributed by atoms with E-state index in [0.29, 0.717) is 0 Å². The van der Waals surface area contributed by atoms with Crippen LogP contribution in [0.4, 0.5) is 0 Å². The van der Waals surface area contributed by atoms with Gasteiger partial charge in [-0.15, -0.1) is 0 Å². The smallest absolute Gasteiger partial charge is 0.123 e. The maximum Gasteiger partial charge on any atom is 0.123 e. The van der Waals surface area contributed by atoms with E-state index in [1.54, 1.807) is 0 Å². The van der Waals surface area contributed by atoms with Crippen LogP contribution in [0.1, 0.15) is 25.8 Å². The van der Waals surface area contributed by atoms with Gasteiger partial charge in [-0.05, 0) is 26.3 Å². The number of nitrogens with two attached hydrogens (primary N) is 1. The minimum absolute atomic E-state index is 0.0906. The Balaban J connectivity index is 1.98. The summed E-state index contributed by atoms with van der Waals surface area (Å²) in [6, 6.07) is 8.28. The molecule has 0 aromatic heterocycles. The van der Waals surface area contributed by atoms with E-state index in [0.717, 1.165) is 38.4 Å². The van der Waals surface area contributed by atoms with Crippen molar-refractivity contribution in [2.24, 2.45) is 5.73 Å². The van der Waals surface area contributed by atoms with Crippen LogP contribution in [0.2, 0.25) is 0 Å². The fourth-order valence-electron chi connectivity index (χ4n) is 2.02. The summed E-state index contributed by atoms with van der Waals surface area (Å²) >= 11 is 0. The normalized spacial score (nSPS) is 17.1. The summed E-state index contributed by atoms with van der Waals surface area (Å²) in [5.74, 6) is 1.03. The van der Waals surface area contributed by atoms with Gasteiger partial charge in [0.1, 0.15) is 12.4 Å². The molecule has 0 aliphatic carbocycles. The average molecular weight is 234 g/mol. The molecule has 0 radical (unpaired) electrons. The first-order chi connectivity index (χ1) is 8.04. The van der Waals surface area contributed by atoms with Crippen molar-refractivity contribution in [3.05, 3.63) is 29.8 Å². The lowest BCUT2D eigenvalue weighted by atomic mass is 10.0. The predicted octanol–water partition coefficient (Wildman–Crippen LogP) is 2.01. The first kappa shape index (κ1) is 12.4. The van der Waals surface area contributed by atoms with Crippen LogP contribution in [-0.2, 0) is 6.54 Å². The van der Waals surface area contributed by atoms with Crippen molar-refractivity contribution in [1.29, 1.82) is 0 Å². The van der Waals surface area contributed by atoms with Crippen LogP contribution in [-0.4, -0.2) is 30.1 Å². The van der Waals surface area contributed by atoms with E-state index >= 15 is 0 Å². The molecule has 0 amide bonds. The Bertz CT molecular complexity index is 371. The fourth-order valence-corrected chi connectivity index (χ4v) is 2.02. The summed E-state index contributed by atoms with van der Waals surface area (Å²) in [5.41, 5.74) is 7.22. The molecule has 2 rings (SSSR count). The van der Waals surface area contributed by atoms with Crippen molar-refractivity contribution in [2.45, 2.75) is 32.4 Å². The second-order valence-electron chi connectivity index (χ2n) is 5.47. The van der Waals surface area contributed by atoms with Crippen LogP contribution >= 0.6 is 0 Å². The molecular weight excluding hydrogens is 212 g/mol. The van der Waals surface area contributed by atoms with E-state index in [1.165, 1.54) is 5.56 Å². The molecule has 2 N–H and O–H groups in total. The number of hydrogen-bond acceptors (Lipinski definition) is 3. The quantitative estimate of drug-likeness (QED) is 0.869. The highest BCUT2D eigenvalue weighted by atomic mass is 16.5. The number of ether oxygens (including phenoxy) is 1. The third-order valence-electron chi connectivity index (χ3n) is 3.10. The molecule has 1 heterocycles. The minimum Gasteiger partial charge on any atom is -0.492 e. The Morgan fingerprint density at radius 2 is 2.12 bits per heavy atom. The molecule has 0 fully saturated rings. The molecule has 0 spiro atoms. The van der Waals surface area contributed by atoms with Crippen molar-refractivity contribution in [1.82, 2.24) is 4.90 Å². The zero-order valence-corrected chi connectivity index (χ0v) is 10.8. The molecule has 17 heavy (non-hydrogen) atoms. The van der Waals surface area contributed by atoms with E-state index in [1.807, 2.05) is 12.1 Å². The standard InChI is InChI=1S/C14H22N2O/c1-14(2,15)7-8-16-9-10-17-13-6-4-3-5-12(13)11-16/h3-6H,7-11,15H2,1-2H3. The minimum atomic E-state index is -0.0906. The third-order valence-corrected chi connectivity index (χ3v) is 3.10. The van der Waals surface area contributed by atoms with E-state index < -0.39 is 0 Å². The van der Waals surface area contributed by atoms with Crippen molar-refractivity contribution >= 4 is 0 Å². The molecule has 1 aromatic carbocycles. The van der Waals surface area contributed by atoms with E-state index in [-0.39, 0.29) is 5.54 Å². The van der Waals surface area contributed by atoms with Gasteiger partial charge in [0, 0.05) is 30.7 Å². The lowest BCUT2D eigenvalue weighted by molar-refractivity contribution is 0.211. The van der Waals surface area contributed by atoms with Crippen molar-refractivity contribution in [3.8, 4) is 5.75 Å². The monoisotopic (exact) mass is 234 g/mol. The Hall–Kier alpha value is -1.06.